The summed E-state index contributed by atoms with van der Waals surface area (Å²) < 4.78 is 0. The molecule has 1 saturated carbocycles. The maximum Gasteiger partial charge on any atom is 0.239 e. The summed E-state index contributed by atoms with van der Waals surface area (Å²) in [6.07, 6.45) is 10.7. The number of rotatable bonds is 1. The van der Waals surface area contributed by atoms with Crippen LogP contribution in [0.5, 0.6) is 0 Å². The molecule has 2 unspecified atom stereocenters. The Bertz CT molecular complexity index is 326. The number of hydrogen-bond donors (Lipinski definition) is 1. The molecule has 3 aliphatic rings. The second-order valence-corrected chi connectivity index (χ2v) is 7.08. The Balaban J connectivity index is 1.56. The number of likely N-dealkylation sites (tertiary alicyclic amines) is 1. The lowest BCUT2D eigenvalue weighted by Gasteiger charge is -2.45. The van der Waals surface area contributed by atoms with Gasteiger partial charge in [-0.25, -0.2) is 0 Å². The van der Waals surface area contributed by atoms with E-state index >= 15 is 0 Å². The number of amides is 1. The van der Waals surface area contributed by atoms with E-state index < -0.39 is 0 Å². The van der Waals surface area contributed by atoms with Crippen molar-refractivity contribution in [2.45, 2.75) is 64.3 Å². The van der Waals surface area contributed by atoms with Crippen LogP contribution >= 0.6 is 0 Å². The molecule has 3 fully saturated rings. The molecule has 1 aliphatic carbocycles. The average Bonchev–Trinajstić information content (AvgIpc) is 2.86. The van der Waals surface area contributed by atoms with E-state index in [1.54, 1.807) is 0 Å². The smallest absolute Gasteiger partial charge is 0.239 e. The van der Waals surface area contributed by atoms with Crippen molar-refractivity contribution in [2.24, 2.45) is 11.3 Å². The van der Waals surface area contributed by atoms with E-state index in [9.17, 15) is 4.79 Å². The minimum absolute atomic E-state index is 0.0976. The van der Waals surface area contributed by atoms with Crippen LogP contribution in [0.2, 0.25) is 0 Å². The van der Waals surface area contributed by atoms with Gasteiger partial charge in [-0.05, 0) is 50.0 Å². The molecule has 1 amide bonds. The predicted octanol–water partition coefficient (Wildman–Crippen LogP) is 2.56. The highest BCUT2D eigenvalue weighted by Gasteiger charge is 2.39. The first kappa shape index (κ1) is 13.4. The lowest BCUT2D eigenvalue weighted by molar-refractivity contribution is -0.136. The molecule has 2 aliphatic heterocycles. The van der Waals surface area contributed by atoms with Crippen LogP contribution in [0.4, 0.5) is 0 Å². The van der Waals surface area contributed by atoms with Gasteiger partial charge in [0.2, 0.25) is 5.91 Å². The highest BCUT2D eigenvalue weighted by atomic mass is 16.2. The van der Waals surface area contributed by atoms with Crippen molar-refractivity contribution in [1.29, 1.82) is 0 Å². The van der Waals surface area contributed by atoms with Crippen LogP contribution < -0.4 is 5.32 Å². The molecule has 3 heteroatoms. The third-order valence-corrected chi connectivity index (χ3v) is 5.85. The van der Waals surface area contributed by atoms with Crippen LogP contribution in [-0.4, -0.2) is 36.5 Å². The van der Waals surface area contributed by atoms with E-state index in [-0.39, 0.29) is 6.04 Å². The SMILES string of the molecule is CC1CCNC1C(=O)N1CCC2(CCCCC2)CC1. The lowest BCUT2D eigenvalue weighted by Crippen LogP contribution is -2.50. The molecule has 2 heterocycles. The number of piperidine rings is 1. The zero-order valence-electron chi connectivity index (χ0n) is 12.3. The second kappa shape index (κ2) is 5.43. The van der Waals surface area contributed by atoms with Crippen LogP contribution in [0.15, 0.2) is 0 Å². The first-order valence-electron chi connectivity index (χ1n) is 8.22. The van der Waals surface area contributed by atoms with Crippen LogP contribution in [0.1, 0.15) is 58.3 Å². The maximum atomic E-state index is 12.5. The Labute approximate surface area is 117 Å². The van der Waals surface area contributed by atoms with Crippen molar-refractivity contribution < 1.29 is 4.79 Å². The van der Waals surface area contributed by atoms with Gasteiger partial charge in [0.15, 0.2) is 0 Å². The van der Waals surface area contributed by atoms with E-state index in [0.717, 1.165) is 26.1 Å². The molecule has 3 nitrogen and oxygen atoms in total. The molecule has 2 saturated heterocycles. The molecular formula is C16H28N2O. The van der Waals surface area contributed by atoms with Crippen molar-refractivity contribution >= 4 is 5.91 Å². The maximum absolute atomic E-state index is 12.5. The molecule has 19 heavy (non-hydrogen) atoms. The molecule has 2 atom stereocenters. The second-order valence-electron chi connectivity index (χ2n) is 7.08. The van der Waals surface area contributed by atoms with E-state index in [2.05, 4.69) is 17.1 Å². The Hall–Kier alpha value is -0.570. The molecular weight excluding hydrogens is 236 g/mol. The lowest BCUT2D eigenvalue weighted by atomic mass is 9.68. The van der Waals surface area contributed by atoms with Gasteiger partial charge >= 0.3 is 0 Å². The van der Waals surface area contributed by atoms with Gasteiger partial charge in [-0.15, -0.1) is 0 Å². The summed E-state index contributed by atoms with van der Waals surface area (Å²) in [4.78, 5) is 14.7. The van der Waals surface area contributed by atoms with Crippen LogP contribution in [-0.2, 0) is 4.79 Å². The molecule has 0 radical (unpaired) electrons. The number of hydrogen-bond acceptors (Lipinski definition) is 2. The standard InChI is InChI=1S/C16H28N2O/c1-13-5-10-17-14(13)15(19)18-11-8-16(9-12-18)6-3-2-4-7-16/h13-14,17H,2-12H2,1H3. The number of carbonyl (C=O) groups excluding carboxylic acids is 1. The van der Waals surface area contributed by atoms with Gasteiger partial charge in [-0.2, -0.15) is 0 Å². The van der Waals surface area contributed by atoms with Gasteiger partial charge in [0.1, 0.15) is 0 Å². The van der Waals surface area contributed by atoms with Crippen LogP contribution in [0.3, 0.4) is 0 Å². The van der Waals surface area contributed by atoms with Crippen molar-refractivity contribution in [3.8, 4) is 0 Å². The van der Waals surface area contributed by atoms with Crippen molar-refractivity contribution in [1.82, 2.24) is 10.2 Å². The number of nitrogens with zero attached hydrogens (tertiary/aromatic N) is 1. The number of carbonyl (C=O) groups is 1. The molecule has 0 aromatic rings. The van der Waals surface area contributed by atoms with Gasteiger partial charge in [0.25, 0.3) is 0 Å². The summed E-state index contributed by atoms with van der Waals surface area (Å²) in [7, 11) is 0. The highest BCUT2D eigenvalue weighted by Crippen LogP contribution is 2.44. The summed E-state index contributed by atoms with van der Waals surface area (Å²) in [6.45, 7) is 5.22. The monoisotopic (exact) mass is 264 g/mol. The summed E-state index contributed by atoms with van der Waals surface area (Å²) >= 11 is 0. The van der Waals surface area contributed by atoms with Crippen LogP contribution in [0.25, 0.3) is 0 Å². The van der Waals surface area contributed by atoms with Crippen LogP contribution in [0, 0.1) is 11.3 Å². The Morgan fingerprint density at radius 2 is 1.79 bits per heavy atom. The minimum Gasteiger partial charge on any atom is -0.341 e. The van der Waals surface area contributed by atoms with E-state index in [1.165, 1.54) is 44.9 Å². The van der Waals surface area contributed by atoms with E-state index in [4.69, 9.17) is 0 Å². The fraction of sp³-hybridized carbons (Fsp3) is 0.938. The van der Waals surface area contributed by atoms with Crippen molar-refractivity contribution in [3.63, 3.8) is 0 Å². The van der Waals surface area contributed by atoms with Gasteiger partial charge in [-0.3, -0.25) is 4.79 Å². The topological polar surface area (TPSA) is 32.3 Å². The van der Waals surface area contributed by atoms with Gasteiger partial charge in [0, 0.05) is 13.1 Å². The quantitative estimate of drug-likeness (QED) is 0.789. The first-order valence-corrected chi connectivity index (χ1v) is 8.22. The zero-order chi connectivity index (χ0) is 13.3. The molecule has 1 spiro atoms. The average molecular weight is 264 g/mol. The Morgan fingerprint density at radius 1 is 1.11 bits per heavy atom. The van der Waals surface area contributed by atoms with E-state index in [0.29, 0.717) is 17.2 Å². The third-order valence-electron chi connectivity index (χ3n) is 5.85. The highest BCUT2D eigenvalue weighted by molar-refractivity contribution is 5.82. The molecule has 0 aromatic carbocycles. The normalized spacial score (nSPS) is 34.7. The van der Waals surface area contributed by atoms with E-state index in [1.807, 2.05) is 0 Å². The van der Waals surface area contributed by atoms with Crippen molar-refractivity contribution in [3.05, 3.63) is 0 Å². The third kappa shape index (κ3) is 2.67. The fourth-order valence-corrected chi connectivity index (χ4v) is 4.36. The number of nitrogens with one attached hydrogen (secondary N) is 1. The van der Waals surface area contributed by atoms with Gasteiger partial charge < -0.3 is 10.2 Å². The Kier molecular flexibility index (Phi) is 3.84. The largest absolute Gasteiger partial charge is 0.341 e. The summed E-state index contributed by atoms with van der Waals surface area (Å²) in [5.41, 5.74) is 0.601. The minimum atomic E-state index is 0.0976. The fourth-order valence-electron chi connectivity index (χ4n) is 4.36. The first-order chi connectivity index (χ1) is 9.20. The zero-order valence-corrected chi connectivity index (χ0v) is 12.3. The molecule has 0 bridgehead atoms. The Morgan fingerprint density at radius 3 is 2.37 bits per heavy atom. The molecule has 3 rings (SSSR count). The summed E-state index contributed by atoms with van der Waals surface area (Å²) in [5, 5.41) is 3.38. The van der Waals surface area contributed by atoms with Gasteiger partial charge in [0.05, 0.1) is 6.04 Å². The summed E-state index contributed by atoms with van der Waals surface area (Å²) in [6, 6.07) is 0.0976. The molecule has 108 valence electrons. The summed E-state index contributed by atoms with van der Waals surface area (Å²) in [5.74, 6) is 0.883. The predicted molar refractivity (Wildman–Crippen MR) is 76.9 cm³/mol. The van der Waals surface area contributed by atoms with Gasteiger partial charge in [-0.1, -0.05) is 26.2 Å². The molecule has 1 N–H and O–H groups in total. The molecule has 0 aromatic heterocycles. The van der Waals surface area contributed by atoms with Crippen molar-refractivity contribution in [2.75, 3.05) is 19.6 Å².